The zero-order chi connectivity index (χ0) is 12.4. The van der Waals surface area contributed by atoms with Gasteiger partial charge in [-0.1, -0.05) is 26.2 Å². The number of hydrogen-bond acceptors (Lipinski definition) is 2. The van der Waals surface area contributed by atoms with E-state index >= 15 is 0 Å². The van der Waals surface area contributed by atoms with Gasteiger partial charge in [0, 0.05) is 19.6 Å². The van der Waals surface area contributed by atoms with Gasteiger partial charge in [-0.3, -0.25) is 0 Å². The van der Waals surface area contributed by atoms with Crippen LogP contribution in [-0.2, 0) is 0 Å². The molecule has 2 aliphatic heterocycles. The Hall–Kier alpha value is -0.0800. The van der Waals surface area contributed by atoms with Gasteiger partial charge in [0.15, 0.2) is 0 Å². The summed E-state index contributed by atoms with van der Waals surface area (Å²) in [7, 11) is 0. The van der Waals surface area contributed by atoms with E-state index in [2.05, 4.69) is 17.1 Å². The van der Waals surface area contributed by atoms with Crippen molar-refractivity contribution in [3.8, 4) is 0 Å². The molecule has 2 heteroatoms. The van der Waals surface area contributed by atoms with E-state index < -0.39 is 0 Å². The smallest absolute Gasteiger partial charge is 0.00476 e. The molecule has 0 radical (unpaired) electrons. The molecule has 1 N–H and O–H groups in total. The number of hydrogen-bond donors (Lipinski definition) is 1. The Labute approximate surface area is 113 Å². The lowest BCUT2D eigenvalue weighted by Crippen LogP contribution is -2.50. The van der Waals surface area contributed by atoms with Gasteiger partial charge < -0.3 is 10.2 Å². The summed E-state index contributed by atoms with van der Waals surface area (Å²) in [4.78, 5) is 2.79. The molecule has 3 atom stereocenters. The highest BCUT2D eigenvalue weighted by molar-refractivity contribution is 4.89. The minimum absolute atomic E-state index is 0.541. The predicted octanol–water partition coefficient (Wildman–Crippen LogP) is 2.89. The molecule has 2 saturated heterocycles. The van der Waals surface area contributed by atoms with Gasteiger partial charge in [0.1, 0.15) is 0 Å². The standard InChI is InChI=1S/C16H30N2/c1-16(8-4-9-17-12-16)13-18-10-7-14-5-2-3-6-15(14)11-18/h14-15,17H,2-13H2,1H3. The maximum Gasteiger partial charge on any atom is 0.00476 e. The van der Waals surface area contributed by atoms with Gasteiger partial charge in [0.05, 0.1) is 0 Å². The maximum absolute atomic E-state index is 3.59. The van der Waals surface area contributed by atoms with E-state index in [1.165, 1.54) is 77.7 Å². The van der Waals surface area contributed by atoms with Crippen LogP contribution in [0.4, 0.5) is 0 Å². The van der Waals surface area contributed by atoms with Crippen molar-refractivity contribution in [2.45, 2.75) is 51.9 Å². The number of fused-ring (bicyclic) bond motifs is 1. The van der Waals surface area contributed by atoms with Crippen LogP contribution in [0, 0.1) is 17.3 Å². The minimum atomic E-state index is 0.541. The molecule has 0 aromatic carbocycles. The fourth-order valence-corrected chi connectivity index (χ4v) is 4.61. The SMILES string of the molecule is CC1(CN2CCC3CCCCC3C2)CCCNC1. The highest BCUT2D eigenvalue weighted by atomic mass is 15.1. The summed E-state index contributed by atoms with van der Waals surface area (Å²) in [5.41, 5.74) is 0.541. The molecule has 0 amide bonds. The summed E-state index contributed by atoms with van der Waals surface area (Å²) in [6.07, 6.45) is 10.3. The van der Waals surface area contributed by atoms with Crippen LogP contribution in [0.5, 0.6) is 0 Å². The van der Waals surface area contributed by atoms with Crippen LogP contribution >= 0.6 is 0 Å². The zero-order valence-corrected chi connectivity index (χ0v) is 12.1. The third kappa shape index (κ3) is 2.91. The summed E-state index contributed by atoms with van der Waals surface area (Å²) in [6, 6.07) is 0. The fourth-order valence-electron chi connectivity index (χ4n) is 4.61. The largest absolute Gasteiger partial charge is 0.316 e. The maximum atomic E-state index is 3.59. The first kappa shape index (κ1) is 12.9. The summed E-state index contributed by atoms with van der Waals surface area (Å²) >= 11 is 0. The summed E-state index contributed by atoms with van der Waals surface area (Å²) < 4.78 is 0. The summed E-state index contributed by atoms with van der Waals surface area (Å²) in [5.74, 6) is 2.11. The van der Waals surface area contributed by atoms with Crippen molar-refractivity contribution in [3.05, 3.63) is 0 Å². The average Bonchev–Trinajstić information content (AvgIpc) is 2.39. The van der Waals surface area contributed by atoms with E-state index in [1.807, 2.05) is 0 Å². The Morgan fingerprint density at radius 3 is 2.72 bits per heavy atom. The Morgan fingerprint density at radius 1 is 1.11 bits per heavy atom. The summed E-state index contributed by atoms with van der Waals surface area (Å²) in [5, 5.41) is 3.59. The molecule has 3 unspecified atom stereocenters. The van der Waals surface area contributed by atoms with Crippen molar-refractivity contribution in [1.29, 1.82) is 0 Å². The molecule has 104 valence electrons. The van der Waals surface area contributed by atoms with E-state index in [4.69, 9.17) is 0 Å². The first-order valence-electron chi connectivity index (χ1n) is 8.18. The van der Waals surface area contributed by atoms with Crippen LogP contribution < -0.4 is 5.32 Å². The number of likely N-dealkylation sites (tertiary alicyclic amines) is 1. The van der Waals surface area contributed by atoms with Crippen LogP contribution in [0.2, 0.25) is 0 Å². The zero-order valence-electron chi connectivity index (χ0n) is 12.1. The van der Waals surface area contributed by atoms with Crippen LogP contribution in [-0.4, -0.2) is 37.6 Å². The Balaban J connectivity index is 1.54. The van der Waals surface area contributed by atoms with Crippen molar-refractivity contribution in [1.82, 2.24) is 10.2 Å². The normalized spacial score (nSPS) is 42.5. The molecule has 2 nitrogen and oxygen atoms in total. The fraction of sp³-hybridized carbons (Fsp3) is 1.00. The lowest BCUT2D eigenvalue weighted by molar-refractivity contribution is 0.0483. The molecule has 3 rings (SSSR count). The van der Waals surface area contributed by atoms with Crippen LogP contribution in [0.3, 0.4) is 0 Å². The van der Waals surface area contributed by atoms with Gasteiger partial charge in [-0.05, 0) is 56.0 Å². The van der Waals surface area contributed by atoms with Crippen molar-refractivity contribution in [2.24, 2.45) is 17.3 Å². The second kappa shape index (κ2) is 5.50. The topological polar surface area (TPSA) is 15.3 Å². The van der Waals surface area contributed by atoms with Crippen molar-refractivity contribution < 1.29 is 0 Å². The molecule has 0 aromatic rings. The monoisotopic (exact) mass is 250 g/mol. The number of piperidine rings is 2. The lowest BCUT2D eigenvalue weighted by Gasteiger charge is -2.45. The number of rotatable bonds is 2. The number of nitrogens with one attached hydrogen (secondary N) is 1. The first-order valence-corrected chi connectivity index (χ1v) is 8.18. The van der Waals surface area contributed by atoms with Crippen LogP contribution in [0.25, 0.3) is 0 Å². The molecule has 0 bridgehead atoms. The molecule has 3 aliphatic rings. The predicted molar refractivity (Wildman–Crippen MR) is 76.7 cm³/mol. The van der Waals surface area contributed by atoms with E-state index in [0.717, 1.165) is 11.8 Å². The van der Waals surface area contributed by atoms with Crippen LogP contribution in [0.1, 0.15) is 51.9 Å². The third-order valence-corrected chi connectivity index (χ3v) is 5.67. The average molecular weight is 250 g/mol. The Morgan fingerprint density at radius 2 is 1.94 bits per heavy atom. The minimum Gasteiger partial charge on any atom is -0.316 e. The van der Waals surface area contributed by atoms with Gasteiger partial charge in [-0.2, -0.15) is 0 Å². The van der Waals surface area contributed by atoms with Gasteiger partial charge in [-0.25, -0.2) is 0 Å². The lowest BCUT2D eigenvalue weighted by atomic mass is 9.74. The highest BCUT2D eigenvalue weighted by Gasteiger charge is 2.35. The molecule has 0 spiro atoms. The van der Waals surface area contributed by atoms with Gasteiger partial charge >= 0.3 is 0 Å². The van der Waals surface area contributed by atoms with Gasteiger partial charge in [-0.15, -0.1) is 0 Å². The second-order valence-corrected chi connectivity index (χ2v) is 7.42. The van der Waals surface area contributed by atoms with Crippen LogP contribution in [0.15, 0.2) is 0 Å². The molecule has 2 heterocycles. The van der Waals surface area contributed by atoms with Gasteiger partial charge in [0.2, 0.25) is 0 Å². The molecule has 1 aliphatic carbocycles. The third-order valence-electron chi connectivity index (χ3n) is 5.67. The first-order chi connectivity index (χ1) is 8.75. The van der Waals surface area contributed by atoms with E-state index in [1.54, 1.807) is 0 Å². The van der Waals surface area contributed by atoms with E-state index in [0.29, 0.717) is 5.41 Å². The highest BCUT2D eigenvalue weighted by Crippen LogP contribution is 2.37. The second-order valence-electron chi connectivity index (χ2n) is 7.42. The summed E-state index contributed by atoms with van der Waals surface area (Å²) in [6.45, 7) is 9.07. The van der Waals surface area contributed by atoms with Crippen molar-refractivity contribution in [2.75, 3.05) is 32.7 Å². The van der Waals surface area contributed by atoms with E-state index in [-0.39, 0.29) is 0 Å². The molecule has 0 aromatic heterocycles. The molecule has 1 saturated carbocycles. The van der Waals surface area contributed by atoms with Crippen molar-refractivity contribution >= 4 is 0 Å². The quantitative estimate of drug-likeness (QED) is 0.810. The Kier molecular flexibility index (Phi) is 3.95. The van der Waals surface area contributed by atoms with Gasteiger partial charge in [0.25, 0.3) is 0 Å². The van der Waals surface area contributed by atoms with Crippen molar-refractivity contribution in [3.63, 3.8) is 0 Å². The molecule has 18 heavy (non-hydrogen) atoms. The molecular weight excluding hydrogens is 220 g/mol. The Bertz CT molecular complexity index is 270. The van der Waals surface area contributed by atoms with E-state index in [9.17, 15) is 0 Å². The molecular formula is C16H30N2. The molecule has 3 fully saturated rings. The number of nitrogens with zero attached hydrogens (tertiary/aromatic N) is 1.